The van der Waals surface area contributed by atoms with Gasteiger partial charge in [0, 0.05) is 55.3 Å². The number of pyridine rings is 1. The van der Waals surface area contributed by atoms with Gasteiger partial charge in [0.1, 0.15) is 5.56 Å². The first-order chi connectivity index (χ1) is 17.6. The second-order valence-corrected chi connectivity index (χ2v) is 10.2. The van der Waals surface area contributed by atoms with Crippen molar-refractivity contribution in [1.82, 2.24) is 19.7 Å². The fourth-order valence-corrected chi connectivity index (χ4v) is 4.94. The number of fused-ring (bicyclic) bond motifs is 1. The summed E-state index contributed by atoms with van der Waals surface area (Å²) in [7, 11) is 0. The number of ether oxygens (including phenoxy) is 2. The smallest absolute Gasteiger partial charge is 0.257 e. The largest absolute Gasteiger partial charge is 0.379 e. The monoisotopic (exact) mass is 554 g/mol. The maximum absolute atomic E-state index is 13.6. The highest BCUT2D eigenvalue weighted by Crippen LogP contribution is 2.18. The van der Waals surface area contributed by atoms with Crippen molar-refractivity contribution >= 4 is 32.7 Å². The Morgan fingerprint density at radius 2 is 1.53 bits per heavy atom. The summed E-state index contributed by atoms with van der Waals surface area (Å²) in [6.07, 6.45) is 1.71. The van der Waals surface area contributed by atoms with Gasteiger partial charge < -0.3 is 19.4 Å². The van der Waals surface area contributed by atoms with Crippen molar-refractivity contribution in [2.24, 2.45) is 0 Å². The van der Waals surface area contributed by atoms with Crippen molar-refractivity contribution in [2.75, 3.05) is 52.6 Å². The van der Waals surface area contributed by atoms with Crippen LogP contribution in [0.4, 0.5) is 0 Å². The molecular formula is C27H31BrN4O4. The van der Waals surface area contributed by atoms with Gasteiger partial charge in [-0.05, 0) is 35.4 Å². The fraction of sp³-hybridized carbons (Fsp3) is 0.407. The number of carbonyl (C=O) groups excluding carboxylic acids is 1. The summed E-state index contributed by atoms with van der Waals surface area (Å²) in [6, 6.07) is 13.8. The standard InChI is InChI=1S/C27H31BrN4O4/c28-22-4-1-20(2-5-22)16-29-27(34)24-18-32(19-31-9-13-36-14-10-31)25-6-3-21(15-23(25)26(24)33)17-30-7-11-35-12-8-30/h1-6,15,18H,7-14,16-17,19H2,(H,29,34). The molecule has 0 unspecified atom stereocenters. The predicted molar refractivity (Wildman–Crippen MR) is 142 cm³/mol. The van der Waals surface area contributed by atoms with Gasteiger partial charge in [0.2, 0.25) is 5.43 Å². The van der Waals surface area contributed by atoms with E-state index in [0.29, 0.717) is 31.8 Å². The van der Waals surface area contributed by atoms with Gasteiger partial charge in [-0.2, -0.15) is 0 Å². The van der Waals surface area contributed by atoms with Crippen LogP contribution in [0.25, 0.3) is 10.9 Å². The lowest BCUT2D eigenvalue weighted by molar-refractivity contribution is 0.0240. The Kier molecular flexibility index (Phi) is 8.13. The Morgan fingerprint density at radius 3 is 2.22 bits per heavy atom. The molecule has 1 N–H and O–H groups in total. The van der Waals surface area contributed by atoms with Crippen LogP contribution in [-0.4, -0.2) is 72.9 Å². The van der Waals surface area contributed by atoms with Gasteiger partial charge in [-0.15, -0.1) is 0 Å². The van der Waals surface area contributed by atoms with E-state index in [1.54, 1.807) is 6.20 Å². The molecule has 0 spiro atoms. The molecule has 9 heteroatoms. The van der Waals surface area contributed by atoms with Crippen LogP contribution in [0.5, 0.6) is 0 Å². The van der Waals surface area contributed by atoms with Crippen molar-refractivity contribution < 1.29 is 14.3 Å². The topological polar surface area (TPSA) is 76.0 Å². The molecule has 0 bridgehead atoms. The van der Waals surface area contributed by atoms with Gasteiger partial charge in [0.05, 0.1) is 38.6 Å². The molecule has 5 rings (SSSR count). The number of carbonyl (C=O) groups is 1. The summed E-state index contributed by atoms with van der Waals surface area (Å²) >= 11 is 3.43. The van der Waals surface area contributed by atoms with Crippen molar-refractivity contribution in [2.45, 2.75) is 19.8 Å². The molecule has 2 saturated heterocycles. The molecule has 8 nitrogen and oxygen atoms in total. The summed E-state index contributed by atoms with van der Waals surface area (Å²) in [4.78, 5) is 31.4. The molecule has 190 valence electrons. The summed E-state index contributed by atoms with van der Waals surface area (Å²) in [5, 5.41) is 3.50. The number of halogens is 1. The average Bonchev–Trinajstić information content (AvgIpc) is 2.91. The minimum Gasteiger partial charge on any atom is -0.379 e. The van der Waals surface area contributed by atoms with Crippen molar-refractivity contribution in [1.29, 1.82) is 0 Å². The molecule has 0 atom stereocenters. The minimum atomic E-state index is -0.362. The summed E-state index contributed by atoms with van der Waals surface area (Å²) in [6.45, 7) is 7.88. The van der Waals surface area contributed by atoms with E-state index in [2.05, 4.69) is 37.1 Å². The number of hydrogen-bond acceptors (Lipinski definition) is 6. The number of rotatable bonds is 7. The number of nitrogens with zero attached hydrogens (tertiary/aromatic N) is 3. The van der Waals surface area contributed by atoms with Crippen LogP contribution in [0.1, 0.15) is 21.5 Å². The van der Waals surface area contributed by atoms with E-state index in [1.807, 2.05) is 41.0 Å². The summed E-state index contributed by atoms with van der Waals surface area (Å²) in [5.74, 6) is -0.362. The Labute approximate surface area is 218 Å². The van der Waals surface area contributed by atoms with E-state index in [9.17, 15) is 9.59 Å². The summed E-state index contributed by atoms with van der Waals surface area (Å²) < 4.78 is 14.0. The molecule has 2 aliphatic heterocycles. The molecule has 1 amide bonds. The third kappa shape index (κ3) is 6.04. The molecular weight excluding hydrogens is 524 g/mol. The minimum absolute atomic E-state index is 0.163. The molecule has 2 fully saturated rings. The zero-order chi connectivity index (χ0) is 24.9. The maximum atomic E-state index is 13.6. The van der Waals surface area contributed by atoms with Crippen LogP contribution in [0.15, 0.2) is 57.9 Å². The van der Waals surface area contributed by atoms with Crippen LogP contribution >= 0.6 is 15.9 Å². The lowest BCUT2D eigenvalue weighted by Gasteiger charge is -2.28. The number of nitrogens with one attached hydrogen (secondary N) is 1. The molecule has 2 aliphatic rings. The van der Waals surface area contributed by atoms with Gasteiger partial charge in [0.15, 0.2) is 0 Å². The quantitative estimate of drug-likeness (QED) is 0.484. The van der Waals surface area contributed by atoms with E-state index < -0.39 is 0 Å². The molecule has 36 heavy (non-hydrogen) atoms. The Bertz CT molecular complexity index is 1270. The number of benzene rings is 2. The summed E-state index contributed by atoms with van der Waals surface area (Å²) in [5.41, 5.74) is 2.79. The Hall–Kier alpha value is -2.56. The Morgan fingerprint density at radius 1 is 0.889 bits per heavy atom. The Balaban J connectivity index is 1.45. The zero-order valence-corrected chi connectivity index (χ0v) is 21.8. The zero-order valence-electron chi connectivity index (χ0n) is 20.2. The van der Waals surface area contributed by atoms with E-state index in [4.69, 9.17) is 9.47 Å². The second kappa shape index (κ2) is 11.7. The van der Waals surface area contributed by atoms with E-state index in [-0.39, 0.29) is 16.9 Å². The van der Waals surface area contributed by atoms with Gasteiger partial charge in [0.25, 0.3) is 5.91 Å². The fourth-order valence-electron chi connectivity index (χ4n) is 4.68. The first-order valence-electron chi connectivity index (χ1n) is 12.4. The second-order valence-electron chi connectivity index (χ2n) is 9.26. The van der Waals surface area contributed by atoms with Crippen molar-refractivity contribution in [3.05, 3.63) is 80.0 Å². The van der Waals surface area contributed by atoms with E-state index in [0.717, 1.165) is 67.1 Å². The normalized spacial score (nSPS) is 17.4. The highest BCUT2D eigenvalue weighted by molar-refractivity contribution is 9.10. The molecule has 0 saturated carbocycles. The van der Waals surface area contributed by atoms with Crippen molar-refractivity contribution in [3.8, 4) is 0 Å². The van der Waals surface area contributed by atoms with Crippen LogP contribution < -0.4 is 10.7 Å². The molecule has 3 heterocycles. The SMILES string of the molecule is O=C(NCc1ccc(Br)cc1)c1cn(CN2CCOCC2)c2ccc(CN3CCOCC3)cc2c1=O. The van der Waals surface area contributed by atoms with E-state index >= 15 is 0 Å². The number of morpholine rings is 2. The van der Waals surface area contributed by atoms with Gasteiger partial charge >= 0.3 is 0 Å². The highest BCUT2D eigenvalue weighted by Gasteiger charge is 2.19. The van der Waals surface area contributed by atoms with Gasteiger partial charge in [-0.3, -0.25) is 19.4 Å². The predicted octanol–water partition coefficient (Wildman–Crippen LogP) is 2.82. The van der Waals surface area contributed by atoms with Gasteiger partial charge in [-0.1, -0.05) is 34.1 Å². The van der Waals surface area contributed by atoms with E-state index in [1.165, 1.54) is 0 Å². The number of aromatic nitrogens is 1. The number of amides is 1. The molecule has 3 aromatic rings. The lowest BCUT2D eigenvalue weighted by Crippen LogP contribution is -2.38. The molecule has 1 aromatic heterocycles. The molecule has 2 aromatic carbocycles. The highest BCUT2D eigenvalue weighted by atomic mass is 79.9. The first kappa shape index (κ1) is 25.1. The van der Waals surface area contributed by atoms with Gasteiger partial charge in [-0.25, -0.2) is 0 Å². The van der Waals surface area contributed by atoms with Crippen molar-refractivity contribution in [3.63, 3.8) is 0 Å². The third-order valence-corrected chi connectivity index (χ3v) is 7.25. The number of hydrogen-bond donors (Lipinski definition) is 1. The maximum Gasteiger partial charge on any atom is 0.257 e. The third-order valence-electron chi connectivity index (χ3n) is 6.72. The van der Waals surface area contributed by atoms with Crippen LogP contribution in [0, 0.1) is 0 Å². The van der Waals surface area contributed by atoms with Crippen LogP contribution in [0.2, 0.25) is 0 Å². The first-order valence-corrected chi connectivity index (χ1v) is 13.1. The molecule has 0 radical (unpaired) electrons. The van der Waals surface area contributed by atoms with Crippen LogP contribution in [0.3, 0.4) is 0 Å². The molecule has 0 aliphatic carbocycles. The lowest BCUT2D eigenvalue weighted by atomic mass is 10.1. The van der Waals surface area contributed by atoms with Crippen LogP contribution in [-0.2, 0) is 29.2 Å². The average molecular weight is 555 g/mol.